The zero-order chi connectivity index (χ0) is 21.0. The molecule has 1 aliphatic rings. The van der Waals surface area contributed by atoms with Gasteiger partial charge in [0.2, 0.25) is 5.90 Å². The molecule has 0 unspecified atom stereocenters. The monoisotopic (exact) mass is 567 g/mol. The quantitative estimate of drug-likeness (QED) is 0.185. The summed E-state index contributed by atoms with van der Waals surface area (Å²) in [5.41, 5.74) is 2.65. The second-order valence-corrected chi connectivity index (χ2v) is 8.43. The Kier molecular flexibility index (Phi) is 7.13. The summed E-state index contributed by atoms with van der Waals surface area (Å²) in [4.78, 5) is 16.6. The van der Waals surface area contributed by atoms with E-state index in [2.05, 4.69) is 50.1 Å². The number of benzene rings is 2. The van der Waals surface area contributed by atoms with Gasteiger partial charge < -0.3 is 14.2 Å². The fraction of sp³-hybridized carbons (Fsp3) is 0.182. The average Bonchev–Trinajstić information content (AvgIpc) is 3.02. The molecule has 2 aromatic rings. The molecule has 7 heteroatoms. The molecule has 0 bridgehead atoms. The van der Waals surface area contributed by atoms with Crippen molar-refractivity contribution in [3.63, 3.8) is 0 Å². The number of aliphatic imine (C=N–C) groups is 1. The number of esters is 1. The highest BCUT2D eigenvalue weighted by Gasteiger charge is 2.24. The lowest BCUT2D eigenvalue weighted by molar-refractivity contribution is -0.129. The number of halogens is 2. The lowest BCUT2D eigenvalue weighted by Gasteiger charge is -2.14. The lowest BCUT2D eigenvalue weighted by Crippen LogP contribution is -2.05. The molecule has 1 aliphatic heterocycles. The molecule has 0 saturated carbocycles. The van der Waals surface area contributed by atoms with E-state index >= 15 is 0 Å². The van der Waals surface area contributed by atoms with E-state index in [4.69, 9.17) is 14.2 Å². The Labute approximate surface area is 191 Å². The average molecular weight is 568 g/mol. The SMILES string of the molecule is C=C(C)COc1c(I)cc(/C=C2\N=C(c3ccc(Br)cc3)OC2=O)cc1OCC. The number of ether oxygens (including phenoxy) is 3. The van der Waals surface area contributed by atoms with Gasteiger partial charge in [-0.25, -0.2) is 9.79 Å². The van der Waals surface area contributed by atoms with Crippen molar-refractivity contribution in [2.24, 2.45) is 4.99 Å². The van der Waals surface area contributed by atoms with Gasteiger partial charge in [-0.2, -0.15) is 0 Å². The maximum Gasteiger partial charge on any atom is 0.363 e. The van der Waals surface area contributed by atoms with E-state index < -0.39 is 5.97 Å². The van der Waals surface area contributed by atoms with Crippen LogP contribution < -0.4 is 9.47 Å². The standard InChI is InChI=1S/C22H19BrINO4/c1-4-27-19-11-14(9-17(24)20(19)28-12-13(2)3)10-18-22(26)29-21(25-18)15-5-7-16(23)8-6-15/h5-11H,2,4,12H2,1,3H3/b18-10-. The Hall–Kier alpha value is -2.13. The van der Waals surface area contributed by atoms with Crippen molar-refractivity contribution in [3.05, 3.63) is 73.4 Å². The van der Waals surface area contributed by atoms with Crippen molar-refractivity contribution in [1.29, 1.82) is 0 Å². The summed E-state index contributed by atoms with van der Waals surface area (Å²) in [6.45, 7) is 8.57. The third-order valence-corrected chi connectivity index (χ3v) is 5.14. The van der Waals surface area contributed by atoms with Crippen LogP contribution in [0.2, 0.25) is 0 Å². The molecule has 29 heavy (non-hydrogen) atoms. The van der Waals surface area contributed by atoms with Crippen LogP contribution in [0.15, 0.2) is 63.7 Å². The first-order valence-corrected chi connectivity index (χ1v) is 10.8. The number of carbonyl (C=O) groups excluding carboxylic acids is 1. The van der Waals surface area contributed by atoms with Gasteiger partial charge in [-0.1, -0.05) is 22.5 Å². The maximum atomic E-state index is 12.3. The fourth-order valence-corrected chi connectivity index (χ4v) is 3.60. The largest absolute Gasteiger partial charge is 0.490 e. The molecule has 0 radical (unpaired) electrons. The predicted octanol–water partition coefficient (Wildman–Crippen LogP) is 5.75. The zero-order valence-electron chi connectivity index (χ0n) is 16.0. The van der Waals surface area contributed by atoms with E-state index in [1.807, 2.05) is 50.2 Å². The first kappa shape index (κ1) is 21.6. The Morgan fingerprint density at radius 3 is 2.66 bits per heavy atom. The minimum atomic E-state index is -0.488. The fourth-order valence-electron chi connectivity index (χ4n) is 2.55. The number of rotatable bonds is 7. The number of nitrogens with zero attached hydrogens (tertiary/aromatic N) is 1. The maximum absolute atomic E-state index is 12.3. The van der Waals surface area contributed by atoms with Crippen LogP contribution in [-0.4, -0.2) is 25.1 Å². The molecular weight excluding hydrogens is 549 g/mol. The molecule has 2 aromatic carbocycles. The second-order valence-electron chi connectivity index (χ2n) is 6.35. The summed E-state index contributed by atoms with van der Waals surface area (Å²) in [6.07, 6.45) is 1.68. The Morgan fingerprint density at radius 1 is 1.28 bits per heavy atom. The Morgan fingerprint density at radius 2 is 2.00 bits per heavy atom. The molecule has 1 heterocycles. The highest BCUT2D eigenvalue weighted by atomic mass is 127. The van der Waals surface area contributed by atoms with Crippen molar-refractivity contribution >= 4 is 56.5 Å². The predicted molar refractivity (Wildman–Crippen MR) is 125 cm³/mol. The lowest BCUT2D eigenvalue weighted by atomic mass is 10.1. The summed E-state index contributed by atoms with van der Waals surface area (Å²) < 4.78 is 18.7. The van der Waals surface area contributed by atoms with E-state index in [-0.39, 0.29) is 11.6 Å². The minimum Gasteiger partial charge on any atom is -0.490 e. The third-order valence-electron chi connectivity index (χ3n) is 3.81. The molecule has 0 N–H and O–H groups in total. The molecule has 0 aromatic heterocycles. The van der Waals surface area contributed by atoms with Crippen molar-refractivity contribution in [3.8, 4) is 11.5 Å². The second kappa shape index (κ2) is 9.58. The van der Waals surface area contributed by atoms with Crippen LogP contribution >= 0.6 is 38.5 Å². The van der Waals surface area contributed by atoms with Crippen molar-refractivity contribution < 1.29 is 19.0 Å². The van der Waals surface area contributed by atoms with E-state index in [0.717, 1.165) is 24.7 Å². The summed E-state index contributed by atoms with van der Waals surface area (Å²) in [7, 11) is 0. The molecule has 3 rings (SSSR count). The Balaban J connectivity index is 1.93. The molecule has 0 saturated heterocycles. The molecule has 0 atom stereocenters. The van der Waals surface area contributed by atoms with Gasteiger partial charge in [0.05, 0.1) is 10.2 Å². The zero-order valence-corrected chi connectivity index (χ0v) is 19.7. The van der Waals surface area contributed by atoms with Gasteiger partial charge in [0.25, 0.3) is 0 Å². The smallest absolute Gasteiger partial charge is 0.363 e. The first-order valence-electron chi connectivity index (χ1n) is 8.89. The van der Waals surface area contributed by atoms with Crippen LogP contribution in [0.25, 0.3) is 6.08 Å². The molecule has 0 fully saturated rings. The van der Waals surface area contributed by atoms with E-state index in [0.29, 0.717) is 24.7 Å². The van der Waals surface area contributed by atoms with E-state index in [1.165, 1.54) is 0 Å². The summed E-state index contributed by atoms with van der Waals surface area (Å²) >= 11 is 5.57. The van der Waals surface area contributed by atoms with Gasteiger partial charge in [-0.3, -0.25) is 0 Å². The van der Waals surface area contributed by atoms with Crippen LogP contribution in [0.5, 0.6) is 11.5 Å². The summed E-state index contributed by atoms with van der Waals surface area (Å²) in [5.74, 6) is 1.06. The summed E-state index contributed by atoms with van der Waals surface area (Å²) in [6, 6.07) is 11.1. The van der Waals surface area contributed by atoms with E-state index in [9.17, 15) is 4.79 Å². The van der Waals surface area contributed by atoms with Crippen LogP contribution in [0.3, 0.4) is 0 Å². The van der Waals surface area contributed by atoms with Gasteiger partial charge in [0.15, 0.2) is 17.2 Å². The van der Waals surface area contributed by atoms with Crippen LogP contribution in [-0.2, 0) is 9.53 Å². The molecule has 0 amide bonds. The number of hydrogen-bond donors (Lipinski definition) is 0. The molecule has 0 aliphatic carbocycles. The molecular formula is C22H19BrINO4. The van der Waals surface area contributed by atoms with Gasteiger partial charge in [-0.05, 0) is 90.0 Å². The van der Waals surface area contributed by atoms with Crippen LogP contribution in [0.1, 0.15) is 25.0 Å². The van der Waals surface area contributed by atoms with Crippen molar-refractivity contribution in [2.45, 2.75) is 13.8 Å². The van der Waals surface area contributed by atoms with Crippen molar-refractivity contribution in [2.75, 3.05) is 13.2 Å². The topological polar surface area (TPSA) is 57.1 Å². The molecule has 0 spiro atoms. The van der Waals surface area contributed by atoms with Crippen molar-refractivity contribution in [1.82, 2.24) is 0 Å². The minimum absolute atomic E-state index is 0.233. The number of cyclic esters (lactones) is 1. The van der Waals surface area contributed by atoms with Crippen LogP contribution in [0, 0.1) is 3.57 Å². The van der Waals surface area contributed by atoms with Gasteiger partial charge in [0, 0.05) is 10.0 Å². The summed E-state index contributed by atoms with van der Waals surface area (Å²) in [5, 5.41) is 0. The van der Waals surface area contributed by atoms with Gasteiger partial charge in [0.1, 0.15) is 6.61 Å². The van der Waals surface area contributed by atoms with E-state index in [1.54, 1.807) is 6.08 Å². The highest BCUT2D eigenvalue weighted by molar-refractivity contribution is 14.1. The Bertz CT molecular complexity index is 1010. The number of carbonyl (C=O) groups is 1. The number of hydrogen-bond acceptors (Lipinski definition) is 5. The molecule has 150 valence electrons. The van der Waals surface area contributed by atoms with Gasteiger partial charge >= 0.3 is 5.97 Å². The highest BCUT2D eigenvalue weighted by Crippen LogP contribution is 2.35. The first-order chi connectivity index (χ1) is 13.9. The third kappa shape index (κ3) is 5.48. The van der Waals surface area contributed by atoms with Crippen LogP contribution in [0.4, 0.5) is 0 Å². The normalized spacial score (nSPS) is 14.6. The van der Waals surface area contributed by atoms with Gasteiger partial charge in [-0.15, -0.1) is 0 Å². The molecule has 5 nitrogen and oxygen atoms in total.